The van der Waals surface area contributed by atoms with Crippen LogP contribution < -0.4 is 11.2 Å². The summed E-state index contributed by atoms with van der Waals surface area (Å²) >= 11 is 0. The fourth-order valence-corrected chi connectivity index (χ4v) is 3.57. The van der Waals surface area contributed by atoms with Crippen molar-refractivity contribution in [3.05, 3.63) is 32.6 Å². The minimum atomic E-state index is -0.351. The number of carbonyl (C=O) groups is 2. The molecule has 0 bridgehead atoms. The van der Waals surface area contributed by atoms with Crippen molar-refractivity contribution in [2.24, 2.45) is 5.92 Å². The quantitative estimate of drug-likeness (QED) is 0.512. The Morgan fingerprint density at radius 1 is 1.08 bits per heavy atom. The summed E-state index contributed by atoms with van der Waals surface area (Å²) in [6.07, 6.45) is 11.3. The molecule has 1 fully saturated rings. The fraction of sp³-hybridized carbons (Fsp3) is 0.700. The number of H-pyrrole nitrogens is 1. The molecular weight excluding hydrogens is 332 g/mol. The second-order valence-corrected chi connectivity index (χ2v) is 7.37. The van der Waals surface area contributed by atoms with Crippen molar-refractivity contribution < 1.29 is 9.59 Å². The topological polar surface area (TPSA) is 89.0 Å². The number of nitrogens with one attached hydrogen (secondary N) is 1. The number of hydrogen-bond acceptors (Lipinski definition) is 4. The molecule has 1 saturated carbocycles. The third kappa shape index (κ3) is 6.07. The lowest BCUT2D eigenvalue weighted by molar-refractivity contribution is -0.134. The van der Waals surface area contributed by atoms with E-state index in [1.165, 1.54) is 0 Å². The monoisotopic (exact) mass is 362 g/mol. The molecular formula is C20H30N2O4. The van der Waals surface area contributed by atoms with Crippen LogP contribution in [0.15, 0.2) is 15.8 Å². The third-order valence-electron chi connectivity index (χ3n) is 5.20. The second-order valence-electron chi connectivity index (χ2n) is 7.37. The molecule has 0 aromatic carbocycles. The van der Waals surface area contributed by atoms with Crippen LogP contribution in [0.4, 0.5) is 0 Å². The van der Waals surface area contributed by atoms with Gasteiger partial charge in [-0.1, -0.05) is 32.1 Å². The van der Waals surface area contributed by atoms with Gasteiger partial charge in [-0.15, -0.1) is 0 Å². The lowest BCUT2D eigenvalue weighted by Crippen LogP contribution is -2.30. The van der Waals surface area contributed by atoms with E-state index in [1.54, 1.807) is 17.7 Å². The van der Waals surface area contributed by atoms with E-state index >= 15 is 0 Å². The molecule has 1 unspecified atom stereocenters. The number of rotatable bonds is 10. The van der Waals surface area contributed by atoms with Crippen molar-refractivity contribution in [2.75, 3.05) is 0 Å². The molecule has 0 saturated heterocycles. The Morgan fingerprint density at radius 3 is 2.50 bits per heavy atom. The van der Waals surface area contributed by atoms with Crippen molar-refractivity contribution in [1.82, 2.24) is 9.55 Å². The summed E-state index contributed by atoms with van der Waals surface area (Å²) in [5.41, 5.74) is -0.127. The molecule has 1 N–H and O–H groups in total. The smallest absolute Gasteiger partial charge is 0.300 e. The lowest BCUT2D eigenvalue weighted by Gasteiger charge is -2.19. The molecule has 1 aliphatic rings. The van der Waals surface area contributed by atoms with Gasteiger partial charge in [0.25, 0.3) is 5.56 Å². The van der Waals surface area contributed by atoms with Gasteiger partial charge in [0.15, 0.2) is 0 Å². The maximum absolute atomic E-state index is 12.1. The van der Waals surface area contributed by atoms with Gasteiger partial charge in [-0.05, 0) is 32.6 Å². The minimum Gasteiger partial charge on any atom is -0.300 e. The maximum atomic E-state index is 12.1. The van der Waals surface area contributed by atoms with Crippen LogP contribution in [0.1, 0.15) is 76.2 Å². The molecule has 2 rings (SSSR count). The van der Waals surface area contributed by atoms with E-state index in [0.717, 1.165) is 57.8 Å². The molecule has 144 valence electrons. The maximum Gasteiger partial charge on any atom is 0.328 e. The van der Waals surface area contributed by atoms with Gasteiger partial charge in [0, 0.05) is 31.1 Å². The van der Waals surface area contributed by atoms with E-state index < -0.39 is 0 Å². The van der Waals surface area contributed by atoms with E-state index in [2.05, 4.69) is 4.98 Å². The Balaban J connectivity index is 1.55. The average molecular weight is 362 g/mol. The molecule has 0 amide bonds. The standard InChI is InChI=1S/C20H30N2O4/c1-15-14-22(20(26)21-19(15)25)13-9-5-3-2-4-6-11-17(23)16-10-7-8-12-18(16)24/h14,16H,2-13H2,1H3,(H,21,25,26). The Kier molecular flexibility index (Phi) is 8.01. The minimum absolute atomic E-state index is 0.141. The number of aryl methyl sites for hydroxylation is 2. The molecule has 1 heterocycles. The Hall–Kier alpha value is -1.98. The number of aromatic nitrogens is 2. The predicted octanol–water partition coefficient (Wildman–Crippen LogP) is 2.90. The Labute approximate surface area is 154 Å². The van der Waals surface area contributed by atoms with Gasteiger partial charge in [0.2, 0.25) is 0 Å². The summed E-state index contributed by atoms with van der Waals surface area (Å²) in [6.45, 7) is 2.30. The second kappa shape index (κ2) is 10.2. The van der Waals surface area contributed by atoms with Crippen LogP contribution in [-0.4, -0.2) is 21.1 Å². The van der Waals surface area contributed by atoms with Crippen LogP contribution in [0.2, 0.25) is 0 Å². The normalized spacial score (nSPS) is 17.4. The lowest BCUT2D eigenvalue weighted by atomic mass is 9.83. The van der Waals surface area contributed by atoms with Crippen molar-refractivity contribution in [1.29, 1.82) is 0 Å². The van der Waals surface area contributed by atoms with E-state index in [4.69, 9.17) is 0 Å². The fourth-order valence-electron chi connectivity index (χ4n) is 3.57. The van der Waals surface area contributed by atoms with Gasteiger partial charge in [0.1, 0.15) is 11.6 Å². The zero-order valence-corrected chi connectivity index (χ0v) is 15.7. The highest BCUT2D eigenvalue weighted by atomic mass is 16.2. The number of hydrogen-bond donors (Lipinski definition) is 1. The van der Waals surface area contributed by atoms with Gasteiger partial charge >= 0.3 is 5.69 Å². The number of aromatic amines is 1. The highest BCUT2D eigenvalue weighted by molar-refractivity contribution is 6.02. The number of nitrogens with zero attached hydrogens (tertiary/aromatic N) is 1. The van der Waals surface area contributed by atoms with E-state index in [9.17, 15) is 19.2 Å². The summed E-state index contributed by atoms with van der Waals surface area (Å²) < 4.78 is 1.55. The van der Waals surface area contributed by atoms with Crippen LogP contribution in [0, 0.1) is 12.8 Å². The van der Waals surface area contributed by atoms with Gasteiger partial charge < -0.3 is 4.57 Å². The number of unbranched alkanes of at least 4 members (excludes halogenated alkanes) is 5. The highest BCUT2D eigenvalue weighted by Crippen LogP contribution is 2.23. The Morgan fingerprint density at radius 2 is 1.77 bits per heavy atom. The highest BCUT2D eigenvalue weighted by Gasteiger charge is 2.27. The van der Waals surface area contributed by atoms with Gasteiger partial charge in [0.05, 0.1) is 5.92 Å². The molecule has 1 aromatic rings. The SMILES string of the molecule is Cc1cn(CCCCCCCCC(=O)C2CCCCC2=O)c(=O)[nH]c1=O. The van der Waals surface area contributed by atoms with Crippen LogP contribution in [0.25, 0.3) is 0 Å². The average Bonchev–Trinajstić information content (AvgIpc) is 2.61. The van der Waals surface area contributed by atoms with Crippen LogP contribution in [-0.2, 0) is 16.1 Å². The van der Waals surface area contributed by atoms with Crippen molar-refractivity contribution >= 4 is 11.6 Å². The van der Waals surface area contributed by atoms with Crippen molar-refractivity contribution in [3.63, 3.8) is 0 Å². The van der Waals surface area contributed by atoms with Gasteiger partial charge in [-0.3, -0.25) is 19.4 Å². The molecule has 26 heavy (non-hydrogen) atoms. The van der Waals surface area contributed by atoms with E-state index in [0.29, 0.717) is 24.9 Å². The Bertz CT molecular complexity index is 732. The van der Waals surface area contributed by atoms with E-state index in [-0.39, 0.29) is 28.7 Å². The molecule has 0 radical (unpaired) electrons. The molecule has 1 aromatic heterocycles. The summed E-state index contributed by atoms with van der Waals surface area (Å²) in [4.78, 5) is 49.2. The van der Waals surface area contributed by atoms with Crippen LogP contribution >= 0.6 is 0 Å². The molecule has 1 atom stereocenters. The number of ketones is 2. The van der Waals surface area contributed by atoms with Crippen LogP contribution in [0.3, 0.4) is 0 Å². The number of Topliss-reactive ketones (excluding diaryl/α,β-unsaturated/α-hetero) is 2. The first-order valence-electron chi connectivity index (χ1n) is 9.85. The largest absolute Gasteiger partial charge is 0.328 e. The summed E-state index contributed by atoms with van der Waals surface area (Å²) in [7, 11) is 0. The summed E-state index contributed by atoms with van der Waals surface area (Å²) in [5.74, 6) is -0.0284. The zero-order chi connectivity index (χ0) is 18.9. The van der Waals surface area contributed by atoms with Crippen molar-refractivity contribution in [2.45, 2.75) is 84.1 Å². The van der Waals surface area contributed by atoms with Gasteiger partial charge in [-0.25, -0.2) is 4.79 Å². The first-order valence-corrected chi connectivity index (χ1v) is 9.85. The molecule has 1 aliphatic carbocycles. The first-order chi connectivity index (χ1) is 12.5. The first kappa shape index (κ1) is 20.3. The van der Waals surface area contributed by atoms with Crippen LogP contribution in [0.5, 0.6) is 0 Å². The van der Waals surface area contributed by atoms with Gasteiger partial charge in [-0.2, -0.15) is 0 Å². The van der Waals surface area contributed by atoms with Crippen molar-refractivity contribution in [3.8, 4) is 0 Å². The molecule has 0 spiro atoms. The van der Waals surface area contributed by atoms with E-state index in [1.807, 2.05) is 0 Å². The molecule has 6 nitrogen and oxygen atoms in total. The number of carbonyl (C=O) groups excluding carboxylic acids is 2. The summed E-state index contributed by atoms with van der Waals surface area (Å²) in [5, 5.41) is 0. The zero-order valence-electron chi connectivity index (χ0n) is 15.7. The molecule has 6 heteroatoms. The predicted molar refractivity (Wildman–Crippen MR) is 100 cm³/mol. The summed E-state index contributed by atoms with van der Waals surface area (Å²) in [6, 6.07) is 0. The third-order valence-corrected chi connectivity index (χ3v) is 5.20. The molecule has 0 aliphatic heterocycles.